The first kappa shape index (κ1) is 65.4. The summed E-state index contributed by atoms with van der Waals surface area (Å²) >= 11 is 0. The highest BCUT2D eigenvalue weighted by Crippen LogP contribution is 2.15. The van der Waals surface area contributed by atoms with E-state index in [2.05, 4.69) is 69.4 Å². The number of hydrogen-bond acceptors (Lipinski definition) is 6. The number of allylic oxidation sites excluding steroid dienone is 8. The zero-order chi connectivity index (χ0) is 49.3. The molecule has 396 valence electrons. The van der Waals surface area contributed by atoms with E-state index < -0.39 is 6.10 Å². The monoisotopic (exact) mass is 953 g/mol. The summed E-state index contributed by atoms with van der Waals surface area (Å²) in [5.41, 5.74) is 0. The van der Waals surface area contributed by atoms with E-state index in [9.17, 15) is 14.4 Å². The van der Waals surface area contributed by atoms with Crippen LogP contribution in [0.2, 0.25) is 0 Å². The third kappa shape index (κ3) is 54.3. The smallest absolute Gasteiger partial charge is 0.306 e. The van der Waals surface area contributed by atoms with Crippen LogP contribution in [-0.2, 0) is 28.6 Å². The molecule has 0 amide bonds. The minimum Gasteiger partial charge on any atom is -0.462 e. The Morgan fingerprint density at radius 1 is 0.294 bits per heavy atom. The van der Waals surface area contributed by atoms with E-state index in [4.69, 9.17) is 14.2 Å². The molecule has 0 aromatic rings. The highest BCUT2D eigenvalue weighted by molar-refractivity contribution is 5.71. The molecule has 0 saturated heterocycles. The molecule has 6 nitrogen and oxygen atoms in total. The van der Waals surface area contributed by atoms with Gasteiger partial charge in [-0.2, -0.15) is 0 Å². The standard InChI is InChI=1S/C62H112O6/c1-4-7-10-13-16-19-22-25-28-31-32-35-37-40-43-46-49-52-55-61(64)67-58-59(68-62(65)56-53-50-47-44-41-38-34-30-27-24-21-18-15-12-9-6-3)57-66-60(63)54-51-48-45-42-39-36-33-29-26-23-20-17-14-11-8-5-2/h21,24,28-31,33-34,59H,4-20,22-23,25-27,32,35-58H2,1-3H3/b24-21-,31-28-,33-29-,34-30-. The maximum absolute atomic E-state index is 12.9. The quantitative estimate of drug-likeness (QED) is 0.0262. The molecule has 0 saturated carbocycles. The van der Waals surface area contributed by atoms with Gasteiger partial charge in [0.1, 0.15) is 13.2 Å². The third-order valence-electron chi connectivity index (χ3n) is 13.0. The van der Waals surface area contributed by atoms with Crippen molar-refractivity contribution < 1.29 is 28.6 Å². The van der Waals surface area contributed by atoms with Crippen LogP contribution in [0.25, 0.3) is 0 Å². The average molecular weight is 954 g/mol. The van der Waals surface area contributed by atoms with E-state index >= 15 is 0 Å². The van der Waals surface area contributed by atoms with Gasteiger partial charge in [0.25, 0.3) is 0 Å². The van der Waals surface area contributed by atoms with Crippen molar-refractivity contribution in [2.45, 2.75) is 316 Å². The van der Waals surface area contributed by atoms with Crippen LogP contribution < -0.4 is 0 Å². The van der Waals surface area contributed by atoms with Crippen LogP contribution >= 0.6 is 0 Å². The van der Waals surface area contributed by atoms with E-state index in [1.807, 2.05) is 0 Å². The zero-order valence-corrected chi connectivity index (χ0v) is 45.4. The van der Waals surface area contributed by atoms with Gasteiger partial charge in [-0.15, -0.1) is 0 Å². The fourth-order valence-electron chi connectivity index (χ4n) is 8.52. The molecule has 0 fully saturated rings. The topological polar surface area (TPSA) is 78.9 Å². The molecule has 0 spiro atoms. The van der Waals surface area contributed by atoms with Crippen molar-refractivity contribution in [1.29, 1.82) is 0 Å². The molecule has 0 bridgehead atoms. The van der Waals surface area contributed by atoms with Gasteiger partial charge in [0, 0.05) is 19.3 Å². The Balaban J connectivity index is 4.39. The van der Waals surface area contributed by atoms with Crippen LogP contribution in [0.3, 0.4) is 0 Å². The van der Waals surface area contributed by atoms with Gasteiger partial charge in [0.2, 0.25) is 0 Å². The minimum atomic E-state index is -0.785. The van der Waals surface area contributed by atoms with Crippen molar-refractivity contribution in [1.82, 2.24) is 0 Å². The normalized spacial score (nSPS) is 12.3. The lowest BCUT2D eigenvalue weighted by Gasteiger charge is -2.18. The van der Waals surface area contributed by atoms with Gasteiger partial charge in [-0.3, -0.25) is 14.4 Å². The molecule has 6 heteroatoms. The summed E-state index contributed by atoms with van der Waals surface area (Å²) in [6, 6.07) is 0. The molecule has 1 atom stereocenters. The average Bonchev–Trinajstić information content (AvgIpc) is 3.34. The van der Waals surface area contributed by atoms with E-state index in [0.717, 1.165) is 89.9 Å². The van der Waals surface area contributed by atoms with Crippen LogP contribution in [0.1, 0.15) is 310 Å². The number of esters is 3. The van der Waals surface area contributed by atoms with Crippen LogP contribution in [0.15, 0.2) is 48.6 Å². The van der Waals surface area contributed by atoms with Gasteiger partial charge in [-0.25, -0.2) is 0 Å². The maximum Gasteiger partial charge on any atom is 0.306 e. The number of carbonyl (C=O) groups excluding carboxylic acids is 3. The van der Waals surface area contributed by atoms with Crippen molar-refractivity contribution in [3.63, 3.8) is 0 Å². The van der Waals surface area contributed by atoms with Gasteiger partial charge in [0.05, 0.1) is 0 Å². The Morgan fingerprint density at radius 2 is 0.529 bits per heavy atom. The zero-order valence-electron chi connectivity index (χ0n) is 45.4. The highest BCUT2D eigenvalue weighted by atomic mass is 16.6. The molecule has 0 aliphatic rings. The number of rotatable bonds is 54. The molecule has 1 unspecified atom stereocenters. The molecule has 68 heavy (non-hydrogen) atoms. The van der Waals surface area contributed by atoms with Crippen LogP contribution in [-0.4, -0.2) is 37.2 Å². The second-order valence-electron chi connectivity index (χ2n) is 19.9. The summed E-state index contributed by atoms with van der Waals surface area (Å²) in [6.45, 7) is 6.63. The Labute approximate surface area is 422 Å². The lowest BCUT2D eigenvalue weighted by atomic mass is 10.1. The summed E-state index contributed by atoms with van der Waals surface area (Å²) in [5, 5.41) is 0. The Bertz CT molecular complexity index is 1190. The highest BCUT2D eigenvalue weighted by Gasteiger charge is 2.19. The van der Waals surface area contributed by atoms with Crippen molar-refractivity contribution in [2.24, 2.45) is 0 Å². The third-order valence-corrected chi connectivity index (χ3v) is 13.0. The summed E-state index contributed by atoms with van der Waals surface area (Å²) in [5.74, 6) is -0.894. The lowest BCUT2D eigenvalue weighted by molar-refractivity contribution is -0.167. The Kier molecular flexibility index (Phi) is 54.8. The summed E-state index contributed by atoms with van der Waals surface area (Å²) in [6.07, 6.45) is 69.5. The molecule has 0 heterocycles. The Hall–Kier alpha value is -2.63. The molecule has 0 N–H and O–H groups in total. The molecular weight excluding hydrogens is 841 g/mol. The summed E-state index contributed by atoms with van der Waals surface area (Å²) in [7, 11) is 0. The largest absolute Gasteiger partial charge is 0.462 e. The fourth-order valence-corrected chi connectivity index (χ4v) is 8.52. The molecule has 0 radical (unpaired) electrons. The van der Waals surface area contributed by atoms with Crippen molar-refractivity contribution in [3.8, 4) is 0 Å². The first-order valence-corrected chi connectivity index (χ1v) is 29.6. The van der Waals surface area contributed by atoms with Gasteiger partial charge in [-0.1, -0.05) is 236 Å². The van der Waals surface area contributed by atoms with Crippen LogP contribution in [0.4, 0.5) is 0 Å². The van der Waals surface area contributed by atoms with Crippen molar-refractivity contribution >= 4 is 17.9 Å². The van der Waals surface area contributed by atoms with Gasteiger partial charge in [-0.05, 0) is 103 Å². The molecule has 0 aliphatic carbocycles. The molecular formula is C62H112O6. The van der Waals surface area contributed by atoms with Crippen LogP contribution in [0.5, 0.6) is 0 Å². The van der Waals surface area contributed by atoms with Crippen molar-refractivity contribution in [3.05, 3.63) is 48.6 Å². The van der Waals surface area contributed by atoms with Crippen molar-refractivity contribution in [2.75, 3.05) is 13.2 Å². The lowest BCUT2D eigenvalue weighted by Crippen LogP contribution is -2.30. The van der Waals surface area contributed by atoms with E-state index in [1.54, 1.807) is 0 Å². The SMILES string of the molecule is CCCCCC/C=C\C/C=C\CCCCCCCC(=O)OC(COC(=O)CCCCCCC/C=C\CCCCCCCCC)COC(=O)CCCCCCCCC/C=C\CCCCCCCCC. The van der Waals surface area contributed by atoms with Gasteiger partial charge >= 0.3 is 17.9 Å². The van der Waals surface area contributed by atoms with Gasteiger partial charge in [0.15, 0.2) is 6.10 Å². The fraction of sp³-hybridized carbons (Fsp3) is 0.823. The summed E-state index contributed by atoms with van der Waals surface area (Å²) in [4.78, 5) is 38.2. The second kappa shape index (κ2) is 57.0. The molecule has 0 aromatic carbocycles. The van der Waals surface area contributed by atoms with E-state index in [0.29, 0.717) is 19.3 Å². The molecule has 0 aromatic heterocycles. The predicted octanol–water partition coefficient (Wildman–Crippen LogP) is 19.8. The van der Waals surface area contributed by atoms with E-state index in [-0.39, 0.29) is 31.1 Å². The minimum absolute atomic E-state index is 0.0822. The first-order valence-electron chi connectivity index (χ1n) is 29.6. The first-order chi connectivity index (χ1) is 33.5. The second-order valence-corrected chi connectivity index (χ2v) is 19.9. The molecule has 0 rings (SSSR count). The van der Waals surface area contributed by atoms with Crippen LogP contribution in [0, 0.1) is 0 Å². The Morgan fingerprint density at radius 3 is 0.838 bits per heavy atom. The van der Waals surface area contributed by atoms with E-state index in [1.165, 1.54) is 180 Å². The maximum atomic E-state index is 12.9. The number of carbonyl (C=O) groups is 3. The predicted molar refractivity (Wildman–Crippen MR) is 293 cm³/mol. The number of hydrogen-bond donors (Lipinski definition) is 0. The van der Waals surface area contributed by atoms with Gasteiger partial charge < -0.3 is 14.2 Å². The number of unbranched alkanes of at least 4 members (excludes halogenated alkanes) is 35. The molecule has 0 aliphatic heterocycles. The summed E-state index contributed by atoms with van der Waals surface area (Å²) < 4.78 is 16.9. The number of ether oxygens (including phenoxy) is 3.